The first-order valence-corrected chi connectivity index (χ1v) is 14.1. The van der Waals surface area contributed by atoms with Crippen molar-refractivity contribution < 1.29 is 22.7 Å². The molecule has 0 radical (unpaired) electrons. The minimum atomic E-state index is -4.63. The highest BCUT2D eigenvalue weighted by Gasteiger charge is 2.36. The quantitative estimate of drug-likeness (QED) is 0.258. The van der Waals surface area contributed by atoms with E-state index in [0.29, 0.717) is 22.7 Å². The number of hydrogen-bond acceptors (Lipinski definition) is 5. The number of carbonyl (C=O) groups is 1. The summed E-state index contributed by atoms with van der Waals surface area (Å²) in [6, 6.07) is 11.9. The summed E-state index contributed by atoms with van der Waals surface area (Å²) in [6.45, 7) is 7.62. The molecule has 1 amide bonds. The number of aryl methyl sites for hydroxylation is 1. The van der Waals surface area contributed by atoms with Crippen LogP contribution in [0.25, 0.3) is 11.6 Å². The van der Waals surface area contributed by atoms with Gasteiger partial charge in [-0.2, -0.15) is 18.3 Å². The lowest BCUT2D eigenvalue weighted by molar-refractivity contribution is -0.138. The van der Waals surface area contributed by atoms with E-state index in [1.807, 2.05) is 26.8 Å². The maximum absolute atomic E-state index is 14.1. The van der Waals surface area contributed by atoms with Gasteiger partial charge in [0.05, 0.1) is 36.3 Å². The van der Waals surface area contributed by atoms with E-state index in [1.165, 1.54) is 21.6 Å². The van der Waals surface area contributed by atoms with Crippen LogP contribution < -0.4 is 10.3 Å². The standard InChI is InChI=1S/C30H29BrF3N5O3/c1-16(2)25-13-18(4)39(36-25)29-35-26-15-37(27(40)19-6-11-24(31)23(14-19)30(32,33)34)17(3)12-22(26)28(41)38(29)20-7-9-21(42-5)10-8-20/h6-11,13-14,16-17H,12,15H2,1-5H3/t17-/m1/s1. The molecule has 0 aliphatic carbocycles. The number of hydrogen-bond donors (Lipinski definition) is 0. The lowest BCUT2D eigenvalue weighted by Gasteiger charge is -2.34. The molecule has 0 N–H and O–H groups in total. The van der Waals surface area contributed by atoms with Crippen LogP contribution in [-0.4, -0.2) is 43.3 Å². The molecule has 220 valence electrons. The van der Waals surface area contributed by atoms with Crippen LogP contribution in [0.4, 0.5) is 13.2 Å². The van der Waals surface area contributed by atoms with Crippen LogP contribution in [0.3, 0.4) is 0 Å². The number of nitrogens with zero attached hydrogens (tertiary/aromatic N) is 5. The molecule has 0 fully saturated rings. The Morgan fingerprint density at radius 3 is 2.40 bits per heavy atom. The van der Waals surface area contributed by atoms with E-state index in [4.69, 9.17) is 14.8 Å². The molecule has 0 saturated heterocycles. The van der Waals surface area contributed by atoms with Gasteiger partial charge < -0.3 is 9.64 Å². The molecule has 12 heteroatoms. The second kappa shape index (κ2) is 11.0. The number of rotatable bonds is 5. The highest BCUT2D eigenvalue weighted by molar-refractivity contribution is 9.10. The molecule has 42 heavy (non-hydrogen) atoms. The summed E-state index contributed by atoms with van der Waals surface area (Å²) in [4.78, 5) is 34.0. The number of alkyl halides is 3. The van der Waals surface area contributed by atoms with Gasteiger partial charge in [0, 0.05) is 27.3 Å². The van der Waals surface area contributed by atoms with E-state index >= 15 is 0 Å². The van der Waals surface area contributed by atoms with E-state index < -0.39 is 23.7 Å². The van der Waals surface area contributed by atoms with Crippen LogP contribution in [0.2, 0.25) is 0 Å². The van der Waals surface area contributed by atoms with Crippen molar-refractivity contribution in [3.05, 3.63) is 97.1 Å². The van der Waals surface area contributed by atoms with Crippen LogP contribution in [-0.2, 0) is 19.1 Å². The smallest absolute Gasteiger partial charge is 0.417 e. The molecule has 5 rings (SSSR count). The Hall–Kier alpha value is -3.93. The normalized spacial score (nSPS) is 15.2. The van der Waals surface area contributed by atoms with E-state index in [9.17, 15) is 22.8 Å². The molecule has 1 aliphatic rings. The van der Waals surface area contributed by atoms with E-state index in [2.05, 4.69) is 15.9 Å². The Kier molecular flexibility index (Phi) is 7.78. The third kappa shape index (κ3) is 5.35. The van der Waals surface area contributed by atoms with Gasteiger partial charge in [-0.3, -0.25) is 9.59 Å². The van der Waals surface area contributed by atoms with Crippen molar-refractivity contribution in [2.45, 2.75) is 58.8 Å². The second-order valence-electron chi connectivity index (χ2n) is 10.6. The van der Waals surface area contributed by atoms with Gasteiger partial charge in [0.1, 0.15) is 5.75 Å². The molecule has 0 unspecified atom stereocenters. The van der Waals surface area contributed by atoms with Crippen LogP contribution in [0.1, 0.15) is 65.3 Å². The molecule has 0 saturated carbocycles. The maximum Gasteiger partial charge on any atom is 0.417 e. The number of aromatic nitrogens is 4. The highest BCUT2D eigenvalue weighted by atomic mass is 79.9. The first-order valence-electron chi connectivity index (χ1n) is 13.3. The lowest BCUT2D eigenvalue weighted by atomic mass is 9.98. The summed E-state index contributed by atoms with van der Waals surface area (Å²) < 4.78 is 48.9. The number of carbonyl (C=O) groups excluding carboxylic acids is 1. The highest BCUT2D eigenvalue weighted by Crippen LogP contribution is 2.36. The van der Waals surface area contributed by atoms with Gasteiger partial charge >= 0.3 is 6.18 Å². The van der Waals surface area contributed by atoms with Crippen molar-refractivity contribution in [3.63, 3.8) is 0 Å². The Morgan fingerprint density at radius 1 is 1.12 bits per heavy atom. The summed E-state index contributed by atoms with van der Waals surface area (Å²) in [5, 5.41) is 4.73. The van der Waals surface area contributed by atoms with Crippen molar-refractivity contribution >= 4 is 21.8 Å². The zero-order valence-corrected chi connectivity index (χ0v) is 25.2. The number of amides is 1. The molecule has 0 spiro atoms. The molecule has 2 aromatic carbocycles. The molecule has 4 aromatic rings. The molecular weight excluding hydrogens is 615 g/mol. The average Bonchev–Trinajstić information content (AvgIpc) is 3.34. The molecule has 1 aliphatic heterocycles. The number of fused-ring (bicyclic) bond motifs is 1. The van der Waals surface area contributed by atoms with Crippen molar-refractivity contribution in [2.75, 3.05) is 7.11 Å². The number of benzene rings is 2. The van der Waals surface area contributed by atoms with Crippen LogP contribution in [0.5, 0.6) is 5.75 Å². The Bertz CT molecular complexity index is 1730. The third-order valence-corrected chi connectivity index (χ3v) is 8.09. The summed E-state index contributed by atoms with van der Waals surface area (Å²) in [6.07, 6.45) is -4.45. The Morgan fingerprint density at radius 2 is 1.81 bits per heavy atom. The molecule has 0 bridgehead atoms. The minimum Gasteiger partial charge on any atom is -0.497 e. The zero-order chi connectivity index (χ0) is 30.5. The van der Waals surface area contributed by atoms with Gasteiger partial charge in [0.25, 0.3) is 11.5 Å². The monoisotopic (exact) mass is 643 g/mol. The van der Waals surface area contributed by atoms with Gasteiger partial charge in [-0.05, 0) is 74.7 Å². The SMILES string of the molecule is COc1ccc(-n2c(-n3nc(C(C)C)cc3C)nc3c(c2=O)C[C@@H](C)N(C(=O)c2ccc(Br)c(C(F)(F)F)c2)C3)cc1. The molecule has 2 aromatic heterocycles. The fourth-order valence-electron chi connectivity index (χ4n) is 5.05. The van der Waals surface area contributed by atoms with Gasteiger partial charge in [-0.25, -0.2) is 14.2 Å². The molecule has 3 heterocycles. The van der Waals surface area contributed by atoms with Gasteiger partial charge in [-0.15, -0.1) is 0 Å². The molecule has 8 nitrogen and oxygen atoms in total. The number of methoxy groups -OCH3 is 1. The fourth-order valence-corrected chi connectivity index (χ4v) is 5.52. The van der Waals surface area contributed by atoms with Gasteiger partial charge in [-0.1, -0.05) is 29.8 Å². The summed E-state index contributed by atoms with van der Waals surface area (Å²) >= 11 is 2.93. The summed E-state index contributed by atoms with van der Waals surface area (Å²) in [5.41, 5.74) is 1.62. The maximum atomic E-state index is 14.1. The zero-order valence-electron chi connectivity index (χ0n) is 23.7. The second-order valence-corrected chi connectivity index (χ2v) is 11.5. The largest absolute Gasteiger partial charge is 0.497 e. The average molecular weight is 644 g/mol. The number of halogens is 4. The van der Waals surface area contributed by atoms with E-state index in [-0.39, 0.29) is 40.4 Å². The van der Waals surface area contributed by atoms with Crippen LogP contribution in [0, 0.1) is 6.92 Å². The van der Waals surface area contributed by atoms with Crippen LogP contribution in [0.15, 0.2) is 57.8 Å². The first-order chi connectivity index (χ1) is 19.8. The van der Waals surface area contributed by atoms with E-state index in [1.54, 1.807) is 43.0 Å². The Labute approximate surface area is 248 Å². The number of ether oxygens (including phenoxy) is 1. The summed E-state index contributed by atoms with van der Waals surface area (Å²) in [5.74, 6) is 0.427. The van der Waals surface area contributed by atoms with Crippen molar-refractivity contribution in [3.8, 4) is 17.4 Å². The van der Waals surface area contributed by atoms with Crippen LogP contribution >= 0.6 is 15.9 Å². The summed E-state index contributed by atoms with van der Waals surface area (Å²) in [7, 11) is 1.56. The lowest BCUT2D eigenvalue weighted by Crippen LogP contribution is -2.46. The van der Waals surface area contributed by atoms with Crippen molar-refractivity contribution in [1.82, 2.24) is 24.2 Å². The molecular formula is C30H29BrF3N5O3. The minimum absolute atomic E-state index is 0.0458. The third-order valence-electron chi connectivity index (χ3n) is 7.39. The predicted octanol–water partition coefficient (Wildman–Crippen LogP) is 6.23. The van der Waals surface area contributed by atoms with Gasteiger partial charge in [0.15, 0.2) is 0 Å². The van der Waals surface area contributed by atoms with Gasteiger partial charge in [0.2, 0.25) is 5.95 Å². The fraction of sp³-hybridized carbons (Fsp3) is 0.333. The first kappa shape index (κ1) is 29.6. The topological polar surface area (TPSA) is 82.2 Å². The predicted molar refractivity (Wildman–Crippen MR) is 155 cm³/mol. The molecule has 1 atom stereocenters. The Balaban J connectivity index is 1.64. The van der Waals surface area contributed by atoms with E-state index in [0.717, 1.165) is 17.5 Å². The van der Waals surface area contributed by atoms with Crippen molar-refractivity contribution in [2.24, 2.45) is 0 Å². The van der Waals surface area contributed by atoms with Crippen molar-refractivity contribution in [1.29, 1.82) is 0 Å².